The normalized spacial score (nSPS) is 38.0. The fourth-order valence-electron chi connectivity index (χ4n) is 2.22. The standard InChI is InChI=1S/C19H27N3O3S.K/c1-13(2)22-18(25)15(16(23)14-7-12-26-19(14)22)17(24)20-8-6-11-21-9-4-3-5-10-21;/h7,12-13,23H,3-6,8-11H2,1-2H3,(H,20,24);/q;+1/p-1/i1D3,3D2,4D2,5D2,7D,9D2,10D2,11D,12D,13D;/hD. The molecule has 2 aromatic heterocycles. The molecule has 6 nitrogen and oxygen atoms in total. The number of carbonyl (C=O) groups is 1. The maximum atomic E-state index is 13.4. The van der Waals surface area contributed by atoms with Crippen LogP contribution in [0.25, 0.3) is 10.2 Å². The molecule has 0 aliphatic carbocycles. The summed E-state index contributed by atoms with van der Waals surface area (Å²) in [5.41, 5.74) is -3.01. The minimum absolute atomic E-state index is 0. The van der Waals surface area contributed by atoms with Gasteiger partial charge < -0.3 is 15.3 Å². The van der Waals surface area contributed by atoms with Crippen molar-refractivity contribution in [1.82, 2.24) is 14.8 Å². The number of carbonyl (C=O) groups excluding carboxylic acids is 1. The number of hydrogen-bond acceptors (Lipinski definition) is 5. The smallest absolute Gasteiger partial charge is 0.871 e. The number of aromatic nitrogens is 1. The van der Waals surface area contributed by atoms with Crippen molar-refractivity contribution in [3.05, 3.63) is 27.3 Å². The fourth-order valence-corrected chi connectivity index (χ4v) is 3.03. The van der Waals surface area contributed by atoms with Crippen LogP contribution in [-0.2, 0) is 0 Å². The molecule has 1 aliphatic heterocycles. The van der Waals surface area contributed by atoms with Crippen molar-refractivity contribution in [2.24, 2.45) is 0 Å². The number of hydrogen-bond donors (Lipinski definition) is 1. The van der Waals surface area contributed by atoms with E-state index >= 15 is 0 Å². The number of pyridine rings is 1. The number of nitrogens with one attached hydrogen (secondary N) is 1. The van der Waals surface area contributed by atoms with Crippen LogP contribution in [0.5, 0.6) is 5.75 Å². The molecule has 1 saturated heterocycles. The van der Waals surface area contributed by atoms with E-state index in [1.807, 2.05) is 0 Å². The first-order valence-corrected chi connectivity index (χ1v) is 8.16. The van der Waals surface area contributed by atoms with Gasteiger partial charge in [-0.15, -0.1) is 11.3 Å². The Morgan fingerprint density at radius 1 is 1.59 bits per heavy atom. The number of rotatable bonds is 6. The molecule has 0 saturated carbocycles. The molecule has 0 aromatic carbocycles. The number of fused-ring (bicyclic) bond motifs is 1. The van der Waals surface area contributed by atoms with Crippen LogP contribution in [0.2, 0.25) is 1.41 Å². The Kier molecular flexibility index (Phi) is 3.31. The summed E-state index contributed by atoms with van der Waals surface area (Å²) in [6.07, 6.45) is -12.1. The van der Waals surface area contributed by atoms with Crippen molar-refractivity contribution in [1.29, 1.82) is 0 Å². The molecule has 3 rings (SSSR count). The second kappa shape index (κ2) is 10.5. The Bertz CT molecular complexity index is 1530. The fraction of sp³-hybridized carbons (Fsp3) is 0.579. The van der Waals surface area contributed by atoms with Gasteiger partial charge in [0.25, 0.3) is 11.5 Å². The summed E-state index contributed by atoms with van der Waals surface area (Å²) in [6, 6.07) is -3.61. The van der Waals surface area contributed by atoms with Crippen LogP contribution in [0.3, 0.4) is 0 Å². The van der Waals surface area contributed by atoms with Crippen LogP contribution in [0.4, 0.5) is 0 Å². The Balaban J connectivity index is 0.00000705. The summed E-state index contributed by atoms with van der Waals surface area (Å²) in [7, 11) is 0. The van der Waals surface area contributed by atoms with Gasteiger partial charge >= 0.3 is 51.4 Å². The first-order chi connectivity index (χ1) is 19.5. The monoisotopic (exact) mass is 433 g/mol. The third-order valence-electron chi connectivity index (χ3n) is 3.33. The maximum absolute atomic E-state index is 13.4. The van der Waals surface area contributed by atoms with Crippen molar-refractivity contribution < 1.29 is 86.0 Å². The third-order valence-corrected chi connectivity index (χ3v) is 4.12. The molecule has 2 atom stereocenters. The molecule has 1 fully saturated rings. The predicted molar refractivity (Wildman–Crippen MR) is 103 cm³/mol. The zero-order valence-electron chi connectivity index (χ0n) is 32.5. The van der Waals surface area contributed by atoms with Gasteiger partial charge in [-0.25, -0.2) is 0 Å². The van der Waals surface area contributed by atoms with Gasteiger partial charge in [0.15, 0.2) is 1.41 Å². The predicted octanol–water partition coefficient (Wildman–Crippen LogP) is -0.673. The third kappa shape index (κ3) is 5.23. The molecular weight excluding hydrogens is 389 g/mol. The number of likely N-dealkylation sites (tertiary alicyclic amines) is 1. The quantitative estimate of drug-likeness (QED) is 0.613. The summed E-state index contributed by atoms with van der Waals surface area (Å²) in [5.74, 6) is -3.16. The number of piperidine rings is 1. The number of nitrogens with zero attached hydrogens (tertiary/aromatic N) is 2. The average molecular weight is 434 g/mol. The van der Waals surface area contributed by atoms with Gasteiger partial charge in [-0.1, -0.05) is 12.1 Å². The van der Waals surface area contributed by atoms with E-state index in [1.54, 1.807) is 0 Å². The van der Waals surface area contributed by atoms with E-state index in [9.17, 15) is 14.7 Å². The van der Waals surface area contributed by atoms with E-state index in [4.69, 9.17) is 24.7 Å². The largest absolute Gasteiger partial charge is 1.00 e. The Morgan fingerprint density at radius 2 is 2.33 bits per heavy atom. The van der Waals surface area contributed by atoms with Gasteiger partial charge in [-0.05, 0) is 63.9 Å². The molecule has 0 spiro atoms. The van der Waals surface area contributed by atoms with Crippen LogP contribution in [0, 0.1) is 0 Å². The molecule has 2 aromatic rings. The molecule has 2 unspecified atom stereocenters. The van der Waals surface area contributed by atoms with E-state index in [0.29, 0.717) is 11.3 Å². The van der Waals surface area contributed by atoms with Crippen LogP contribution in [0.1, 0.15) is 79.0 Å². The molecule has 0 bridgehead atoms. The second-order valence-electron chi connectivity index (χ2n) is 5.07. The van der Waals surface area contributed by atoms with Crippen molar-refractivity contribution >= 4 is 27.5 Å². The molecule has 27 heavy (non-hydrogen) atoms. The van der Waals surface area contributed by atoms with E-state index in [-0.39, 0.29) is 66.2 Å². The Hall–Kier alpha value is -0.224. The molecule has 3 heterocycles. The zero-order chi connectivity index (χ0) is 34.5. The van der Waals surface area contributed by atoms with Crippen molar-refractivity contribution in [3.8, 4) is 5.75 Å². The summed E-state index contributed by atoms with van der Waals surface area (Å²) in [5, 5.41) is 11.8. The van der Waals surface area contributed by atoms with Crippen LogP contribution in [-0.4, -0.2) is 41.4 Å². The van der Waals surface area contributed by atoms with E-state index in [0.717, 1.165) is 6.92 Å². The first kappa shape index (κ1) is 8.49. The topological polar surface area (TPSA) is 77.4 Å². The molecule has 8 heteroatoms. The van der Waals surface area contributed by atoms with E-state index in [2.05, 4.69) is 0 Å². The van der Waals surface area contributed by atoms with E-state index < -0.39 is 109 Å². The van der Waals surface area contributed by atoms with Gasteiger partial charge in [0, 0.05) is 37.1 Å². The molecular formula is C19H26KN3O3S. The minimum atomic E-state index is -3.73. The van der Waals surface area contributed by atoms with Crippen molar-refractivity contribution in [2.45, 2.75) is 45.3 Å². The Labute approximate surface area is 231 Å². The van der Waals surface area contributed by atoms with Crippen LogP contribution < -0.4 is 67.4 Å². The number of amides is 1. The SMILES string of the molecule is [2H]c1sc2c(c1[2H])c([O-])c(C(=O)N([2H])CCC([2H])N1C([2H])([2H])C([2H])([2H])C([2H])([2H])C([2H])([2H])C1([2H])[2H])c(=O)n2C([2H])(C)C([2H])([2H])[2H].[K+]. The zero-order valence-corrected chi connectivity index (χ0v) is 18.4. The van der Waals surface area contributed by atoms with Crippen LogP contribution >= 0.6 is 11.3 Å². The maximum Gasteiger partial charge on any atom is 1.00 e. The van der Waals surface area contributed by atoms with Crippen molar-refractivity contribution in [2.75, 3.05) is 26.1 Å². The summed E-state index contributed by atoms with van der Waals surface area (Å²) >= 11 is 0.345. The molecule has 0 radical (unpaired) electrons. The Morgan fingerprint density at radius 3 is 3.04 bits per heavy atom. The van der Waals surface area contributed by atoms with Crippen LogP contribution in [0.15, 0.2) is 16.2 Å². The molecule has 1 N–H and O–H groups in total. The van der Waals surface area contributed by atoms with Gasteiger partial charge in [0.05, 0.1) is 9.68 Å². The average Bonchev–Trinajstić information content (AvgIpc) is 3.13. The molecule has 1 aliphatic rings. The first-order valence-electron chi connectivity index (χ1n) is 16.4. The summed E-state index contributed by atoms with van der Waals surface area (Å²) in [6.45, 7) is -13.0. The van der Waals surface area contributed by atoms with Gasteiger partial charge in [-0.3, -0.25) is 14.2 Å². The van der Waals surface area contributed by atoms with Gasteiger partial charge in [0.1, 0.15) is 4.83 Å². The second-order valence-corrected chi connectivity index (χ2v) is 5.86. The number of thiophene rings is 1. The van der Waals surface area contributed by atoms with Gasteiger partial charge in [0.2, 0.25) is 0 Å². The van der Waals surface area contributed by atoms with Crippen molar-refractivity contribution in [3.63, 3.8) is 0 Å². The molecule has 1 amide bonds. The van der Waals surface area contributed by atoms with E-state index in [1.165, 1.54) is 0 Å². The molecule has 142 valence electrons. The van der Waals surface area contributed by atoms with Gasteiger partial charge in [-0.2, -0.15) is 0 Å². The summed E-state index contributed by atoms with van der Waals surface area (Å²) < 4.78 is 144. The summed E-state index contributed by atoms with van der Waals surface area (Å²) in [4.78, 5) is 25.9. The minimum Gasteiger partial charge on any atom is -0.871 e.